The summed E-state index contributed by atoms with van der Waals surface area (Å²) in [5, 5.41) is 29.2. The van der Waals surface area contributed by atoms with Crippen LogP contribution in [0.2, 0.25) is 0 Å². The number of aliphatic hydroxyl groups excluding tert-OH is 1. The van der Waals surface area contributed by atoms with Crippen molar-refractivity contribution in [3.8, 4) is 23.3 Å². The number of halogens is 2. The zero-order valence-electron chi connectivity index (χ0n) is 25.1. The number of allylic oxidation sites excluding steroid dienone is 1. The molecule has 0 spiro atoms. The van der Waals surface area contributed by atoms with Gasteiger partial charge in [0.15, 0.2) is 17.7 Å². The molecule has 2 amide bonds. The van der Waals surface area contributed by atoms with Crippen molar-refractivity contribution in [1.29, 1.82) is 5.26 Å². The highest BCUT2D eigenvalue weighted by atomic mass is 127. The number of urea groups is 1. The summed E-state index contributed by atoms with van der Waals surface area (Å²) < 4.78 is 24.0. The summed E-state index contributed by atoms with van der Waals surface area (Å²) in [5.41, 5.74) is 5.96. The van der Waals surface area contributed by atoms with Gasteiger partial charge in [0, 0.05) is 11.3 Å². The third kappa shape index (κ3) is 8.68. The van der Waals surface area contributed by atoms with Gasteiger partial charge in [-0.25, -0.2) is 9.59 Å². The van der Waals surface area contributed by atoms with Crippen LogP contribution in [0.1, 0.15) is 42.1 Å². The molecule has 2 atom stereocenters. The van der Waals surface area contributed by atoms with Gasteiger partial charge in [0.1, 0.15) is 19.0 Å². The van der Waals surface area contributed by atoms with Crippen molar-refractivity contribution in [3.63, 3.8) is 0 Å². The zero-order chi connectivity index (χ0) is 33.2. The number of ether oxygens (including phenoxy) is 4. The number of rotatable bonds is 13. The number of nitriles is 1. The number of amides is 2. The molecule has 240 valence electrons. The molecule has 0 aliphatic carbocycles. The van der Waals surface area contributed by atoms with Crippen LogP contribution in [-0.4, -0.2) is 49.9 Å². The number of benzene rings is 3. The van der Waals surface area contributed by atoms with Crippen LogP contribution in [0.15, 0.2) is 75.4 Å². The Labute approximate surface area is 288 Å². The van der Waals surface area contributed by atoms with E-state index in [0.29, 0.717) is 45.2 Å². The fourth-order valence-corrected chi connectivity index (χ4v) is 6.29. The third-order valence-electron chi connectivity index (χ3n) is 6.64. The minimum Gasteiger partial charge on any atom is -0.490 e. The topological polar surface area (TPSA) is 164 Å². The molecular weight excluding hydrogens is 773 g/mol. The van der Waals surface area contributed by atoms with Gasteiger partial charge in [-0.15, -0.1) is 0 Å². The van der Waals surface area contributed by atoms with E-state index in [1.165, 1.54) is 7.11 Å². The zero-order valence-corrected chi connectivity index (χ0v) is 28.8. The lowest BCUT2D eigenvalue weighted by molar-refractivity contribution is -0.136. The summed E-state index contributed by atoms with van der Waals surface area (Å²) in [6.07, 6.45) is 0.392. The maximum Gasteiger partial charge on any atom is 0.337 e. The van der Waals surface area contributed by atoms with E-state index < -0.39 is 24.3 Å². The number of hydrogen-bond acceptors (Lipinski definition) is 10. The summed E-state index contributed by atoms with van der Waals surface area (Å²) in [4.78, 5) is 24.6. The van der Waals surface area contributed by atoms with Crippen LogP contribution >= 0.6 is 38.5 Å². The minimum absolute atomic E-state index is 0.161. The summed E-state index contributed by atoms with van der Waals surface area (Å²) in [5.74, 6) is 0.774. The third-order valence-corrected chi connectivity index (χ3v) is 8.03. The average Bonchev–Trinajstić information content (AvgIpc) is 3.03. The van der Waals surface area contributed by atoms with E-state index in [4.69, 9.17) is 18.9 Å². The Hall–Kier alpha value is -4.33. The van der Waals surface area contributed by atoms with Crippen LogP contribution in [0.4, 0.5) is 4.79 Å². The summed E-state index contributed by atoms with van der Waals surface area (Å²) in [6.45, 7) is 3.84. The molecule has 1 aliphatic rings. The van der Waals surface area contributed by atoms with Crippen molar-refractivity contribution in [2.75, 3.05) is 20.3 Å². The maximum atomic E-state index is 12.5. The Morgan fingerprint density at radius 3 is 2.70 bits per heavy atom. The maximum absolute atomic E-state index is 12.5. The Kier molecular flexibility index (Phi) is 12.2. The number of hydrazone groups is 1. The Morgan fingerprint density at radius 2 is 1.98 bits per heavy atom. The predicted molar refractivity (Wildman–Crippen MR) is 181 cm³/mol. The molecule has 14 heteroatoms. The second-order valence-electron chi connectivity index (χ2n) is 9.79. The molecule has 4 N–H and O–H groups in total. The van der Waals surface area contributed by atoms with E-state index in [2.05, 4.69) is 65.8 Å². The van der Waals surface area contributed by atoms with Crippen molar-refractivity contribution in [1.82, 2.24) is 16.1 Å². The van der Waals surface area contributed by atoms with Gasteiger partial charge >= 0.3 is 12.0 Å². The van der Waals surface area contributed by atoms with Gasteiger partial charge in [0.05, 0.1) is 51.2 Å². The lowest BCUT2D eigenvalue weighted by atomic mass is 9.95. The largest absolute Gasteiger partial charge is 0.490 e. The van der Waals surface area contributed by atoms with Crippen molar-refractivity contribution in [3.05, 3.63) is 96.2 Å². The molecule has 0 fully saturated rings. The highest BCUT2D eigenvalue weighted by Gasteiger charge is 2.32. The molecule has 3 aromatic rings. The lowest BCUT2D eigenvalue weighted by Crippen LogP contribution is -2.45. The van der Waals surface area contributed by atoms with Gasteiger partial charge in [-0.2, -0.15) is 10.4 Å². The van der Waals surface area contributed by atoms with Gasteiger partial charge in [-0.3, -0.25) is 5.43 Å². The first-order valence-electron chi connectivity index (χ1n) is 14.0. The Bertz CT molecular complexity index is 1690. The van der Waals surface area contributed by atoms with Crippen LogP contribution in [0.5, 0.6) is 17.2 Å². The molecular formula is C32H31BrIN5O7. The molecule has 1 aliphatic heterocycles. The number of esters is 1. The molecule has 0 bridgehead atoms. The fourth-order valence-electron chi connectivity index (χ4n) is 4.52. The van der Waals surface area contributed by atoms with Crippen LogP contribution in [0, 0.1) is 14.9 Å². The summed E-state index contributed by atoms with van der Waals surface area (Å²) in [6, 6.07) is 16.9. The highest BCUT2D eigenvalue weighted by molar-refractivity contribution is 14.1. The molecule has 0 radical (unpaired) electrons. The quantitative estimate of drug-likeness (QED) is 0.0611. The van der Waals surface area contributed by atoms with Gasteiger partial charge in [0.2, 0.25) is 0 Å². The standard InChI is InChI=1S/C32H31BrIN5O7/c1-4-44-26-13-20(29-28(31(41)43-3)18(2)37-32(42)38-29)9-10-25(26)45-17-27(40)39-36-15-19-11-23(33)30(24(34)12-19)46-16-22-8-6-5-7-21(22)14-35/h5-13,15,27,29,39-40H,4,16-17H2,1-3H3,(H2,37,38,42)/b36-15-/t27-,29-/m0/s1. The number of hydrogen-bond donors (Lipinski definition) is 4. The molecule has 0 unspecified atom stereocenters. The molecule has 4 rings (SSSR count). The van der Waals surface area contributed by atoms with Crippen LogP contribution < -0.4 is 30.3 Å². The second kappa shape index (κ2) is 16.3. The number of aliphatic hydroxyl groups is 1. The van der Waals surface area contributed by atoms with E-state index in [-0.39, 0.29) is 18.8 Å². The van der Waals surface area contributed by atoms with Gasteiger partial charge in [0.25, 0.3) is 0 Å². The minimum atomic E-state index is -1.16. The van der Waals surface area contributed by atoms with Gasteiger partial charge < -0.3 is 34.7 Å². The number of methoxy groups -OCH3 is 1. The fraction of sp³-hybridized carbons (Fsp3) is 0.250. The second-order valence-corrected chi connectivity index (χ2v) is 11.8. The SMILES string of the molecule is CCOc1cc([C@@H]2NC(=O)NC(C)=C2C(=O)OC)ccc1OC[C@H](O)N/N=C\c1cc(Br)c(OCc2ccccc2C#N)c(I)c1. The van der Waals surface area contributed by atoms with E-state index in [1.807, 2.05) is 37.3 Å². The van der Waals surface area contributed by atoms with Crippen molar-refractivity contribution >= 4 is 56.7 Å². The smallest absolute Gasteiger partial charge is 0.337 e. The number of carbonyl (C=O) groups excluding carboxylic acids is 2. The first-order valence-corrected chi connectivity index (χ1v) is 15.8. The number of nitrogens with zero attached hydrogens (tertiary/aromatic N) is 2. The van der Waals surface area contributed by atoms with Gasteiger partial charge in [-0.05, 0) is 93.8 Å². The Morgan fingerprint density at radius 1 is 1.20 bits per heavy atom. The van der Waals surface area contributed by atoms with Crippen molar-refractivity contribution in [2.24, 2.45) is 5.10 Å². The molecule has 0 saturated heterocycles. The molecule has 0 aromatic heterocycles. The molecule has 3 aromatic carbocycles. The first kappa shape index (κ1) is 34.5. The number of carbonyl (C=O) groups is 2. The monoisotopic (exact) mass is 803 g/mol. The molecule has 46 heavy (non-hydrogen) atoms. The summed E-state index contributed by atoms with van der Waals surface area (Å²) >= 11 is 5.70. The molecule has 1 heterocycles. The number of nitrogens with one attached hydrogen (secondary N) is 3. The van der Waals surface area contributed by atoms with Gasteiger partial charge in [-0.1, -0.05) is 24.3 Å². The van der Waals surface area contributed by atoms with Crippen LogP contribution in [0.3, 0.4) is 0 Å². The Balaban J connectivity index is 1.37. The van der Waals surface area contributed by atoms with Crippen molar-refractivity contribution in [2.45, 2.75) is 32.7 Å². The lowest BCUT2D eigenvalue weighted by Gasteiger charge is -2.28. The average molecular weight is 804 g/mol. The predicted octanol–water partition coefficient (Wildman–Crippen LogP) is 5.02. The van der Waals surface area contributed by atoms with E-state index in [1.54, 1.807) is 37.4 Å². The van der Waals surface area contributed by atoms with Crippen molar-refractivity contribution < 1.29 is 33.6 Å². The van der Waals surface area contributed by atoms with E-state index in [0.717, 1.165) is 14.7 Å². The van der Waals surface area contributed by atoms with E-state index in [9.17, 15) is 20.0 Å². The van der Waals surface area contributed by atoms with E-state index >= 15 is 0 Å². The molecule has 12 nitrogen and oxygen atoms in total. The first-order chi connectivity index (χ1) is 22.1. The summed E-state index contributed by atoms with van der Waals surface area (Å²) in [7, 11) is 1.27. The highest BCUT2D eigenvalue weighted by Crippen LogP contribution is 2.35. The molecule has 0 saturated carbocycles. The van der Waals surface area contributed by atoms with Crippen LogP contribution in [-0.2, 0) is 16.1 Å². The van der Waals surface area contributed by atoms with Crippen LogP contribution in [0.25, 0.3) is 0 Å². The normalized spacial score (nSPS) is 15.0.